The van der Waals surface area contributed by atoms with Gasteiger partial charge in [-0.15, -0.1) is 0 Å². The Morgan fingerprint density at radius 3 is 3.04 bits per heavy atom. The molecule has 2 aromatic rings. The molecular weight excluding hydrogens is 326 g/mol. The molecule has 0 radical (unpaired) electrons. The third kappa shape index (κ3) is 3.30. The minimum absolute atomic E-state index is 0.0917. The number of hydrogen-bond donors (Lipinski definition) is 1. The van der Waals surface area contributed by atoms with Crippen molar-refractivity contribution in [2.24, 2.45) is 5.92 Å². The van der Waals surface area contributed by atoms with Crippen molar-refractivity contribution in [3.8, 4) is 0 Å². The molecule has 0 spiro atoms. The van der Waals surface area contributed by atoms with Crippen LogP contribution in [-0.2, 0) is 0 Å². The lowest BCUT2D eigenvalue weighted by molar-refractivity contribution is 0.231. The Bertz CT molecular complexity index is 784. The Balaban J connectivity index is 1.54. The second kappa shape index (κ2) is 7.27. The van der Waals surface area contributed by atoms with Gasteiger partial charge in [-0.3, -0.25) is 9.47 Å². The summed E-state index contributed by atoms with van der Waals surface area (Å²) in [6, 6.07) is 6.74. The van der Waals surface area contributed by atoms with Gasteiger partial charge >= 0.3 is 6.03 Å². The van der Waals surface area contributed by atoms with Crippen molar-refractivity contribution < 1.29 is 4.79 Å². The second-order valence-electron chi connectivity index (χ2n) is 7.95. The summed E-state index contributed by atoms with van der Waals surface area (Å²) >= 11 is 0. The van der Waals surface area contributed by atoms with E-state index in [1.807, 2.05) is 12.1 Å². The SMILES string of the molecule is CC(C)CCNC(=O)n1cnc2c(N3CCN4CCCC4C3)cccc21. The molecule has 2 aliphatic heterocycles. The van der Waals surface area contributed by atoms with Crippen LogP contribution in [0.25, 0.3) is 11.0 Å². The van der Waals surface area contributed by atoms with E-state index < -0.39 is 0 Å². The summed E-state index contributed by atoms with van der Waals surface area (Å²) in [7, 11) is 0. The first-order chi connectivity index (χ1) is 12.6. The fourth-order valence-electron chi connectivity index (χ4n) is 4.20. The molecule has 1 amide bonds. The van der Waals surface area contributed by atoms with Crippen LogP contribution < -0.4 is 10.2 Å². The van der Waals surface area contributed by atoms with E-state index >= 15 is 0 Å². The molecule has 6 nitrogen and oxygen atoms in total. The van der Waals surface area contributed by atoms with Crippen molar-refractivity contribution in [3.05, 3.63) is 24.5 Å². The van der Waals surface area contributed by atoms with E-state index in [1.54, 1.807) is 10.9 Å². The maximum atomic E-state index is 12.5. The van der Waals surface area contributed by atoms with Crippen LogP contribution in [0.3, 0.4) is 0 Å². The van der Waals surface area contributed by atoms with Crippen molar-refractivity contribution in [2.75, 3.05) is 37.6 Å². The summed E-state index contributed by atoms with van der Waals surface area (Å²) in [5.41, 5.74) is 2.97. The summed E-state index contributed by atoms with van der Waals surface area (Å²) < 4.78 is 1.64. The number of imidazole rings is 1. The Morgan fingerprint density at radius 1 is 1.31 bits per heavy atom. The number of nitrogens with one attached hydrogen (secondary N) is 1. The number of benzene rings is 1. The maximum absolute atomic E-state index is 12.5. The van der Waals surface area contributed by atoms with E-state index in [2.05, 4.69) is 40.0 Å². The molecule has 1 aromatic carbocycles. The molecular formula is C20H29N5O. The third-order valence-corrected chi connectivity index (χ3v) is 5.70. The van der Waals surface area contributed by atoms with Crippen molar-refractivity contribution in [1.82, 2.24) is 19.8 Å². The van der Waals surface area contributed by atoms with E-state index in [-0.39, 0.29) is 6.03 Å². The summed E-state index contributed by atoms with van der Waals surface area (Å²) in [6.07, 6.45) is 5.24. The van der Waals surface area contributed by atoms with Gasteiger partial charge in [-0.05, 0) is 43.9 Å². The minimum atomic E-state index is -0.0917. The highest BCUT2D eigenvalue weighted by Gasteiger charge is 2.31. The molecule has 2 fully saturated rings. The highest BCUT2D eigenvalue weighted by molar-refractivity contribution is 5.95. The van der Waals surface area contributed by atoms with Gasteiger partial charge in [0.1, 0.15) is 11.8 Å². The molecule has 1 unspecified atom stereocenters. The highest BCUT2D eigenvalue weighted by Crippen LogP contribution is 2.30. The van der Waals surface area contributed by atoms with Gasteiger partial charge in [-0.2, -0.15) is 0 Å². The number of carbonyl (C=O) groups is 1. The first kappa shape index (κ1) is 17.3. The molecule has 2 saturated heterocycles. The van der Waals surface area contributed by atoms with Gasteiger partial charge in [0.2, 0.25) is 0 Å². The van der Waals surface area contributed by atoms with Gasteiger partial charge in [0, 0.05) is 32.2 Å². The molecule has 6 heteroatoms. The van der Waals surface area contributed by atoms with Crippen LogP contribution in [0, 0.1) is 5.92 Å². The molecule has 0 saturated carbocycles. The Morgan fingerprint density at radius 2 is 2.19 bits per heavy atom. The normalized spacial score (nSPS) is 20.7. The first-order valence-corrected chi connectivity index (χ1v) is 9.87. The molecule has 3 heterocycles. The van der Waals surface area contributed by atoms with Gasteiger partial charge in [0.25, 0.3) is 0 Å². The van der Waals surface area contributed by atoms with Gasteiger partial charge in [-0.25, -0.2) is 9.78 Å². The van der Waals surface area contributed by atoms with Crippen LogP contribution in [0.5, 0.6) is 0 Å². The van der Waals surface area contributed by atoms with Crippen LogP contribution in [0.15, 0.2) is 24.5 Å². The zero-order chi connectivity index (χ0) is 18.1. The number of fused-ring (bicyclic) bond motifs is 2. The molecule has 1 atom stereocenters. The molecule has 1 aromatic heterocycles. The first-order valence-electron chi connectivity index (χ1n) is 9.87. The van der Waals surface area contributed by atoms with Crippen LogP contribution in [-0.4, -0.2) is 59.2 Å². The topological polar surface area (TPSA) is 53.4 Å². The lowest BCUT2D eigenvalue weighted by atomic mass is 10.1. The predicted octanol–water partition coefficient (Wildman–Crippen LogP) is 2.92. The average Bonchev–Trinajstić information content (AvgIpc) is 3.27. The number of anilines is 1. The van der Waals surface area contributed by atoms with Crippen molar-refractivity contribution in [1.29, 1.82) is 0 Å². The number of hydrogen-bond acceptors (Lipinski definition) is 4. The molecule has 2 aliphatic rings. The molecule has 0 bridgehead atoms. The number of carbonyl (C=O) groups excluding carboxylic acids is 1. The monoisotopic (exact) mass is 355 g/mol. The standard InChI is InChI=1S/C20H29N5O/c1-15(2)8-9-21-20(26)25-14-22-19-17(6-3-7-18(19)25)24-12-11-23-10-4-5-16(23)13-24/h3,6-7,14-16H,4-5,8-13H2,1-2H3,(H,21,26). The average molecular weight is 355 g/mol. The van der Waals surface area contributed by atoms with E-state index in [0.717, 1.165) is 42.8 Å². The Hall–Kier alpha value is -2.08. The molecule has 0 aliphatic carbocycles. The fourth-order valence-corrected chi connectivity index (χ4v) is 4.20. The van der Waals surface area contributed by atoms with E-state index in [1.165, 1.54) is 19.4 Å². The van der Waals surface area contributed by atoms with Gasteiger partial charge in [0.05, 0.1) is 11.2 Å². The minimum Gasteiger partial charge on any atom is -0.367 e. The number of rotatable bonds is 4. The summed E-state index contributed by atoms with van der Waals surface area (Å²) in [5.74, 6) is 0.579. The summed E-state index contributed by atoms with van der Waals surface area (Å²) in [6.45, 7) is 9.48. The van der Waals surface area contributed by atoms with Gasteiger partial charge < -0.3 is 10.2 Å². The van der Waals surface area contributed by atoms with E-state index in [9.17, 15) is 4.79 Å². The van der Waals surface area contributed by atoms with Gasteiger partial charge in [-0.1, -0.05) is 19.9 Å². The van der Waals surface area contributed by atoms with Crippen LogP contribution in [0.2, 0.25) is 0 Å². The quantitative estimate of drug-likeness (QED) is 0.916. The lowest BCUT2D eigenvalue weighted by Crippen LogP contribution is -2.50. The molecule has 1 N–H and O–H groups in total. The van der Waals surface area contributed by atoms with Crippen molar-refractivity contribution in [3.63, 3.8) is 0 Å². The molecule has 140 valence electrons. The number of aromatic nitrogens is 2. The smallest absolute Gasteiger partial charge is 0.327 e. The van der Waals surface area contributed by atoms with Crippen molar-refractivity contribution in [2.45, 2.75) is 39.2 Å². The third-order valence-electron chi connectivity index (χ3n) is 5.70. The Kier molecular flexibility index (Phi) is 4.85. The lowest BCUT2D eigenvalue weighted by Gasteiger charge is -2.38. The highest BCUT2D eigenvalue weighted by atomic mass is 16.2. The van der Waals surface area contributed by atoms with Crippen LogP contribution >= 0.6 is 0 Å². The largest absolute Gasteiger partial charge is 0.367 e. The predicted molar refractivity (Wildman–Crippen MR) is 105 cm³/mol. The zero-order valence-corrected chi connectivity index (χ0v) is 15.8. The summed E-state index contributed by atoms with van der Waals surface area (Å²) in [4.78, 5) is 22.2. The fraction of sp³-hybridized carbons (Fsp3) is 0.600. The van der Waals surface area contributed by atoms with E-state index in [0.29, 0.717) is 18.5 Å². The number of para-hydroxylation sites is 1. The zero-order valence-electron chi connectivity index (χ0n) is 15.8. The van der Waals surface area contributed by atoms with E-state index in [4.69, 9.17) is 0 Å². The molecule has 4 rings (SSSR count). The van der Waals surface area contributed by atoms with Crippen molar-refractivity contribution >= 4 is 22.8 Å². The maximum Gasteiger partial charge on any atom is 0.327 e. The Labute approximate surface area is 155 Å². The number of piperazine rings is 1. The van der Waals surface area contributed by atoms with Gasteiger partial charge in [0.15, 0.2) is 0 Å². The summed E-state index contributed by atoms with van der Waals surface area (Å²) in [5, 5.41) is 3.00. The van der Waals surface area contributed by atoms with Crippen LogP contribution in [0.1, 0.15) is 33.1 Å². The van der Waals surface area contributed by atoms with Crippen LogP contribution in [0.4, 0.5) is 10.5 Å². The number of amides is 1. The second-order valence-corrected chi connectivity index (χ2v) is 7.95. The number of nitrogens with zero attached hydrogens (tertiary/aromatic N) is 4. The molecule has 26 heavy (non-hydrogen) atoms.